The Kier molecular flexibility index (Phi) is 3.28. The monoisotopic (exact) mass is 272 g/mol. The predicted octanol–water partition coefficient (Wildman–Crippen LogP) is 1.23. The molecule has 5 heteroatoms. The van der Waals surface area contributed by atoms with Crippen LogP contribution in [0.3, 0.4) is 0 Å². The Morgan fingerprint density at radius 1 is 1.40 bits per heavy atom. The number of hydrogen-bond donors (Lipinski definition) is 1. The largest absolute Gasteiger partial charge is 0.451 e. The maximum Gasteiger partial charge on any atom is 0.289 e. The van der Waals surface area contributed by atoms with Crippen LogP contribution in [0.1, 0.15) is 17.0 Å². The van der Waals surface area contributed by atoms with Crippen molar-refractivity contribution in [3.63, 3.8) is 0 Å². The van der Waals surface area contributed by atoms with E-state index in [9.17, 15) is 9.59 Å². The van der Waals surface area contributed by atoms with Gasteiger partial charge in [0.2, 0.25) is 0 Å². The van der Waals surface area contributed by atoms with Gasteiger partial charge in [-0.15, -0.1) is 0 Å². The fourth-order valence-electron chi connectivity index (χ4n) is 2.55. The van der Waals surface area contributed by atoms with Crippen LogP contribution in [-0.2, 0) is 0 Å². The zero-order valence-corrected chi connectivity index (χ0v) is 11.3. The highest BCUT2D eigenvalue weighted by Crippen LogP contribution is 2.16. The molecule has 1 N–H and O–H groups in total. The number of carbonyl (C=O) groups excluding carboxylic acids is 1. The Morgan fingerprint density at radius 2 is 2.20 bits per heavy atom. The molecule has 1 aliphatic rings. The summed E-state index contributed by atoms with van der Waals surface area (Å²) in [6.07, 6.45) is 0.917. The molecule has 104 valence electrons. The molecular formula is C15H16N2O3. The lowest BCUT2D eigenvalue weighted by Crippen LogP contribution is -2.33. The van der Waals surface area contributed by atoms with Crippen molar-refractivity contribution < 1.29 is 9.21 Å². The third kappa shape index (κ3) is 2.20. The van der Waals surface area contributed by atoms with Gasteiger partial charge in [-0.1, -0.05) is 12.1 Å². The minimum atomic E-state index is -0.217. The summed E-state index contributed by atoms with van der Waals surface area (Å²) in [7, 11) is 1.88. The lowest BCUT2D eigenvalue weighted by atomic mass is 10.2. The van der Waals surface area contributed by atoms with Gasteiger partial charge < -0.3 is 14.6 Å². The number of benzene rings is 1. The standard InChI is InChI=1S/C15H16N2O3/c1-16-10-6-7-17(9-10)15(19)14-8-12(18)11-4-2-3-5-13(11)20-14/h2-5,8,10,16H,6-7,9H2,1H3. The van der Waals surface area contributed by atoms with Crippen molar-refractivity contribution in [3.05, 3.63) is 46.3 Å². The highest BCUT2D eigenvalue weighted by atomic mass is 16.3. The molecule has 0 bridgehead atoms. The van der Waals surface area contributed by atoms with E-state index in [0.717, 1.165) is 6.42 Å². The fourth-order valence-corrected chi connectivity index (χ4v) is 2.55. The van der Waals surface area contributed by atoms with E-state index in [1.807, 2.05) is 7.05 Å². The van der Waals surface area contributed by atoms with Crippen molar-refractivity contribution in [1.29, 1.82) is 0 Å². The molecule has 0 spiro atoms. The summed E-state index contributed by atoms with van der Waals surface area (Å²) in [4.78, 5) is 26.1. The maximum absolute atomic E-state index is 12.4. The van der Waals surface area contributed by atoms with Crippen LogP contribution in [0, 0.1) is 0 Å². The minimum Gasteiger partial charge on any atom is -0.451 e. The molecule has 1 fully saturated rings. The van der Waals surface area contributed by atoms with E-state index in [1.54, 1.807) is 29.2 Å². The second-order valence-electron chi connectivity index (χ2n) is 5.00. The van der Waals surface area contributed by atoms with Crippen molar-refractivity contribution in [1.82, 2.24) is 10.2 Å². The number of likely N-dealkylation sites (tertiary alicyclic amines) is 1. The molecule has 0 radical (unpaired) electrons. The molecule has 1 aromatic heterocycles. The zero-order valence-electron chi connectivity index (χ0n) is 11.3. The summed E-state index contributed by atoms with van der Waals surface area (Å²) in [6, 6.07) is 8.56. The van der Waals surface area contributed by atoms with E-state index in [-0.39, 0.29) is 17.1 Å². The second kappa shape index (κ2) is 5.09. The number of nitrogens with one attached hydrogen (secondary N) is 1. The first-order valence-electron chi connectivity index (χ1n) is 6.68. The van der Waals surface area contributed by atoms with Gasteiger partial charge in [0.15, 0.2) is 11.2 Å². The van der Waals surface area contributed by atoms with Gasteiger partial charge in [0.1, 0.15) is 5.58 Å². The van der Waals surface area contributed by atoms with E-state index in [0.29, 0.717) is 30.1 Å². The summed E-state index contributed by atoms with van der Waals surface area (Å²) in [5.41, 5.74) is 0.271. The Morgan fingerprint density at radius 3 is 2.95 bits per heavy atom. The molecule has 1 saturated heterocycles. The number of amides is 1. The normalized spacial score (nSPS) is 18.6. The molecule has 3 rings (SSSR count). The topological polar surface area (TPSA) is 62.6 Å². The van der Waals surface area contributed by atoms with Gasteiger partial charge in [0, 0.05) is 25.2 Å². The van der Waals surface area contributed by atoms with Gasteiger partial charge >= 0.3 is 0 Å². The third-order valence-electron chi connectivity index (χ3n) is 3.73. The summed E-state index contributed by atoms with van der Waals surface area (Å²) in [5.74, 6) is -0.101. The predicted molar refractivity (Wildman–Crippen MR) is 75.9 cm³/mol. The molecule has 1 unspecified atom stereocenters. The number of para-hydroxylation sites is 1. The van der Waals surface area contributed by atoms with E-state index in [2.05, 4.69) is 5.32 Å². The minimum absolute atomic E-state index is 0.116. The smallest absolute Gasteiger partial charge is 0.289 e. The molecule has 20 heavy (non-hydrogen) atoms. The number of carbonyl (C=O) groups is 1. The second-order valence-corrected chi connectivity index (χ2v) is 5.00. The number of nitrogens with zero attached hydrogens (tertiary/aromatic N) is 1. The van der Waals surface area contributed by atoms with Gasteiger partial charge in [-0.05, 0) is 25.6 Å². The lowest BCUT2D eigenvalue weighted by Gasteiger charge is -2.15. The Balaban J connectivity index is 1.94. The number of hydrogen-bond acceptors (Lipinski definition) is 4. The molecule has 5 nitrogen and oxygen atoms in total. The third-order valence-corrected chi connectivity index (χ3v) is 3.73. The molecule has 1 aliphatic heterocycles. The number of likely N-dealkylation sites (N-methyl/N-ethyl adjacent to an activating group) is 1. The highest BCUT2D eigenvalue weighted by Gasteiger charge is 2.27. The van der Waals surface area contributed by atoms with Crippen molar-refractivity contribution >= 4 is 16.9 Å². The van der Waals surface area contributed by atoms with Gasteiger partial charge in [0.05, 0.1) is 5.39 Å². The zero-order chi connectivity index (χ0) is 14.1. The fraction of sp³-hybridized carbons (Fsp3) is 0.333. The van der Waals surface area contributed by atoms with Crippen LogP contribution >= 0.6 is 0 Å². The van der Waals surface area contributed by atoms with Crippen LogP contribution in [-0.4, -0.2) is 37.0 Å². The van der Waals surface area contributed by atoms with Crippen LogP contribution in [0.25, 0.3) is 11.0 Å². The first-order chi connectivity index (χ1) is 9.69. The molecule has 1 atom stereocenters. The van der Waals surface area contributed by atoms with Gasteiger partial charge in [-0.25, -0.2) is 0 Å². The first-order valence-corrected chi connectivity index (χ1v) is 6.68. The van der Waals surface area contributed by atoms with Crippen LogP contribution in [0.5, 0.6) is 0 Å². The van der Waals surface area contributed by atoms with Gasteiger partial charge in [0.25, 0.3) is 5.91 Å². The molecule has 0 aliphatic carbocycles. The van der Waals surface area contributed by atoms with Gasteiger partial charge in [-0.3, -0.25) is 9.59 Å². The molecule has 1 aromatic carbocycles. The molecule has 2 aromatic rings. The van der Waals surface area contributed by atoms with Crippen LogP contribution < -0.4 is 10.7 Å². The molecule has 2 heterocycles. The van der Waals surface area contributed by atoms with E-state index < -0.39 is 0 Å². The average Bonchev–Trinajstić information content (AvgIpc) is 2.95. The van der Waals surface area contributed by atoms with Gasteiger partial charge in [-0.2, -0.15) is 0 Å². The van der Waals surface area contributed by atoms with Crippen molar-refractivity contribution in [2.45, 2.75) is 12.5 Å². The highest BCUT2D eigenvalue weighted by molar-refractivity contribution is 5.93. The van der Waals surface area contributed by atoms with Crippen molar-refractivity contribution in [3.8, 4) is 0 Å². The average molecular weight is 272 g/mol. The molecular weight excluding hydrogens is 256 g/mol. The Labute approximate surface area is 116 Å². The maximum atomic E-state index is 12.4. The Hall–Kier alpha value is -2.14. The van der Waals surface area contributed by atoms with E-state index in [1.165, 1.54) is 6.07 Å². The number of fused-ring (bicyclic) bond motifs is 1. The SMILES string of the molecule is CNC1CCN(C(=O)c2cc(=O)c3ccccc3o2)C1. The van der Waals surface area contributed by atoms with Crippen LogP contribution in [0.15, 0.2) is 39.5 Å². The molecule has 1 amide bonds. The lowest BCUT2D eigenvalue weighted by molar-refractivity contribution is 0.0758. The molecule has 0 saturated carbocycles. The van der Waals surface area contributed by atoms with E-state index in [4.69, 9.17) is 4.42 Å². The van der Waals surface area contributed by atoms with Crippen LogP contribution in [0.2, 0.25) is 0 Å². The summed E-state index contributed by atoms with van der Waals surface area (Å²) >= 11 is 0. The van der Waals surface area contributed by atoms with Crippen LogP contribution in [0.4, 0.5) is 0 Å². The quantitative estimate of drug-likeness (QED) is 0.893. The summed E-state index contributed by atoms with van der Waals surface area (Å²) < 4.78 is 5.57. The first kappa shape index (κ1) is 12.9. The summed E-state index contributed by atoms with van der Waals surface area (Å²) in [5, 5.41) is 3.65. The van der Waals surface area contributed by atoms with Crippen molar-refractivity contribution in [2.75, 3.05) is 20.1 Å². The summed E-state index contributed by atoms with van der Waals surface area (Å²) in [6.45, 7) is 1.33. The van der Waals surface area contributed by atoms with E-state index >= 15 is 0 Å². The Bertz CT molecular complexity index is 708. The number of rotatable bonds is 2. The van der Waals surface area contributed by atoms with Crippen molar-refractivity contribution in [2.24, 2.45) is 0 Å².